The number of rotatable bonds is 7. The van der Waals surface area contributed by atoms with Gasteiger partial charge in [0.25, 0.3) is 11.8 Å². The molecule has 0 bridgehead atoms. The molecule has 1 N–H and O–H groups in total. The number of benzene rings is 1. The Hall–Kier alpha value is -3.20. The number of nitrogens with one attached hydrogen (secondary N) is 1. The van der Waals surface area contributed by atoms with E-state index in [4.69, 9.17) is 14.6 Å². The average molecular weight is 525 g/mol. The maximum Gasteiger partial charge on any atom is 0.338 e. The van der Waals surface area contributed by atoms with Crippen LogP contribution in [0.3, 0.4) is 0 Å². The zero-order valence-electron chi connectivity index (χ0n) is 22.7. The van der Waals surface area contributed by atoms with Gasteiger partial charge in [0.05, 0.1) is 29.1 Å². The highest BCUT2D eigenvalue weighted by atomic mass is 16.5. The van der Waals surface area contributed by atoms with E-state index in [0.29, 0.717) is 55.8 Å². The van der Waals surface area contributed by atoms with Gasteiger partial charge in [0.2, 0.25) is 0 Å². The van der Waals surface area contributed by atoms with Crippen LogP contribution in [0.4, 0.5) is 0 Å². The quantitative estimate of drug-likeness (QED) is 0.555. The zero-order chi connectivity index (χ0) is 26.9. The number of esters is 1. The van der Waals surface area contributed by atoms with E-state index < -0.39 is 5.97 Å². The van der Waals surface area contributed by atoms with Crippen LogP contribution in [-0.4, -0.2) is 71.9 Å². The third-order valence-corrected chi connectivity index (χ3v) is 7.14. The van der Waals surface area contributed by atoms with E-state index in [1.54, 1.807) is 24.3 Å². The van der Waals surface area contributed by atoms with E-state index in [0.717, 1.165) is 50.2 Å². The van der Waals surface area contributed by atoms with Crippen LogP contribution in [-0.2, 0) is 28.9 Å². The monoisotopic (exact) mass is 524 g/mol. The zero-order valence-corrected chi connectivity index (χ0v) is 22.7. The molecule has 2 aliphatic heterocycles. The molecular formula is C29H40N4O5. The van der Waals surface area contributed by atoms with Gasteiger partial charge in [-0.2, -0.15) is 5.10 Å². The number of hydrogen-bond acceptors (Lipinski definition) is 6. The van der Waals surface area contributed by atoms with Crippen molar-refractivity contribution in [2.75, 3.05) is 39.5 Å². The molecule has 2 aromatic rings. The average Bonchev–Trinajstić information content (AvgIpc) is 3.28. The van der Waals surface area contributed by atoms with Crippen LogP contribution in [0.5, 0.6) is 0 Å². The first-order chi connectivity index (χ1) is 18.5. The van der Waals surface area contributed by atoms with E-state index >= 15 is 0 Å². The highest BCUT2D eigenvalue weighted by Crippen LogP contribution is 2.20. The third kappa shape index (κ3) is 7.01. The number of aromatic nitrogens is 2. The second-order valence-electron chi connectivity index (χ2n) is 10.3. The lowest BCUT2D eigenvalue weighted by molar-refractivity contribution is 0.0435. The molecule has 1 aromatic carbocycles. The first kappa shape index (κ1) is 27.8. The van der Waals surface area contributed by atoms with Crippen molar-refractivity contribution in [1.29, 1.82) is 0 Å². The van der Waals surface area contributed by atoms with Crippen molar-refractivity contribution in [3.63, 3.8) is 0 Å². The molecule has 0 saturated carbocycles. The molecule has 1 fully saturated rings. The van der Waals surface area contributed by atoms with Gasteiger partial charge in [-0.05, 0) is 69.2 Å². The molecule has 9 nitrogen and oxygen atoms in total. The summed E-state index contributed by atoms with van der Waals surface area (Å²) in [5.74, 6) is -0.489. The molecule has 1 saturated heterocycles. The maximum absolute atomic E-state index is 12.9. The Balaban J connectivity index is 1.36. The second-order valence-corrected chi connectivity index (χ2v) is 10.3. The molecule has 2 amide bonds. The van der Waals surface area contributed by atoms with E-state index in [-0.39, 0.29) is 24.3 Å². The van der Waals surface area contributed by atoms with Crippen LogP contribution < -0.4 is 5.32 Å². The summed E-state index contributed by atoms with van der Waals surface area (Å²) >= 11 is 0. The molecule has 0 radical (unpaired) electrons. The molecule has 9 heteroatoms. The number of piperidine rings is 1. The van der Waals surface area contributed by atoms with E-state index in [1.807, 2.05) is 23.4 Å². The molecule has 0 spiro atoms. The third-order valence-electron chi connectivity index (χ3n) is 7.14. The van der Waals surface area contributed by atoms with Crippen LogP contribution in [0, 0.1) is 5.92 Å². The lowest BCUT2D eigenvalue weighted by Crippen LogP contribution is -2.35. The molecule has 3 heterocycles. The summed E-state index contributed by atoms with van der Waals surface area (Å²) in [7, 11) is 0. The topological polar surface area (TPSA) is 103 Å². The van der Waals surface area contributed by atoms with Gasteiger partial charge in [-0.1, -0.05) is 13.8 Å². The number of aryl methyl sites for hydroxylation is 1. The van der Waals surface area contributed by atoms with Gasteiger partial charge in [0.1, 0.15) is 0 Å². The van der Waals surface area contributed by atoms with Gasteiger partial charge in [0.15, 0.2) is 0 Å². The van der Waals surface area contributed by atoms with Crippen molar-refractivity contribution < 1.29 is 23.9 Å². The summed E-state index contributed by atoms with van der Waals surface area (Å²) in [5.41, 5.74) is 3.40. The Morgan fingerprint density at radius 3 is 2.50 bits per heavy atom. The van der Waals surface area contributed by atoms with Gasteiger partial charge in [-0.25, -0.2) is 4.79 Å². The summed E-state index contributed by atoms with van der Waals surface area (Å²) in [4.78, 5) is 40.2. The predicted molar refractivity (Wildman–Crippen MR) is 143 cm³/mol. The summed E-state index contributed by atoms with van der Waals surface area (Å²) < 4.78 is 13.2. The van der Waals surface area contributed by atoms with Crippen molar-refractivity contribution >= 4 is 17.8 Å². The fourth-order valence-electron chi connectivity index (χ4n) is 5.05. The van der Waals surface area contributed by atoms with Crippen LogP contribution in [0.2, 0.25) is 0 Å². The van der Waals surface area contributed by atoms with Crippen molar-refractivity contribution in [2.45, 2.75) is 65.3 Å². The lowest BCUT2D eigenvalue weighted by Gasteiger charge is -2.26. The maximum atomic E-state index is 12.9. The Labute approximate surface area is 224 Å². The van der Waals surface area contributed by atoms with Gasteiger partial charge < -0.3 is 19.7 Å². The van der Waals surface area contributed by atoms with E-state index in [9.17, 15) is 14.4 Å². The fraction of sp³-hybridized carbons (Fsp3) is 0.586. The van der Waals surface area contributed by atoms with Crippen LogP contribution in [0.15, 0.2) is 24.3 Å². The number of carbonyl (C=O) groups is 3. The molecule has 4 rings (SSSR count). The lowest BCUT2D eigenvalue weighted by atomic mass is 10.1. The Bertz CT molecular complexity index is 1100. The van der Waals surface area contributed by atoms with Gasteiger partial charge in [0, 0.05) is 50.9 Å². The van der Waals surface area contributed by atoms with Gasteiger partial charge in [-0.15, -0.1) is 0 Å². The number of ether oxygens (including phenoxy) is 2. The normalized spacial score (nSPS) is 17.6. The number of nitrogens with zero attached hydrogens (tertiary/aromatic N) is 3. The predicted octanol–water partition coefficient (Wildman–Crippen LogP) is 3.65. The number of carbonyl (C=O) groups excluding carboxylic acids is 3. The first-order valence-electron chi connectivity index (χ1n) is 14.0. The van der Waals surface area contributed by atoms with Crippen molar-refractivity contribution in [3.8, 4) is 0 Å². The number of amides is 2. The van der Waals surface area contributed by atoms with Crippen molar-refractivity contribution in [2.24, 2.45) is 5.92 Å². The number of fused-ring (bicyclic) bond motifs is 1. The minimum absolute atomic E-state index is 0.00916. The Morgan fingerprint density at radius 2 is 1.76 bits per heavy atom. The summed E-state index contributed by atoms with van der Waals surface area (Å²) in [6.07, 6.45) is 6.21. The second kappa shape index (κ2) is 13.6. The molecule has 206 valence electrons. The number of likely N-dealkylation sites (tertiary alicyclic amines) is 1. The minimum atomic E-state index is -0.417. The molecule has 0 aliphatic carbocycles. The first-order valence-corrected chi connectivity index (χ1v) is 14.0. The van der Waals surface area contributed by atoms with Crippen LogP contribution in [0.25, 0.3) is 0 Å². The standard InChI is InChI=1S/C29H40N4O5/c1-3-24-26-25(9-7-17-37-18-8-14-30-27(26)34)33(31-24)19-21(2)20-38-29(36)23-12-10-22(11-13-23)28(35)32-15-5-4-6-16-32/h10-13,21H,3-9,14-20H2,1-2H3,(H,30,34)/t21-/m1/s1. The summed E-state index contributed by atoms with van der Waals surface area (Å²) in [6, 6.07) is 6.71. The largest absolute Gasteiger partial charge is 0.462 e. The summed E-state index contributed by atoms with van der Waals surface area (Å²) in [5, 5.41) is 7.76. The molecule has 1 atom stereocenters. The van der Waals surface area contributed by atoms with Gasteiger partial charge in [-0.3, -0.25) is 14.3 Å². The number of hydrogen-bond donors (Lipinski definition) is 1. The van der Waals surface area contributed by atoms with Crippen LogP contribution in [0.1, 0.15) is 88.4 Å². The summed E-state index contributed by atoms with van der Waals surface area (Å²) in [6.45, 7) is 8.21. The highest BCUT2D eigenvalue weighted by molar-refractivity contribution is 5.97. The Kier molecular flexibility index (Phi) is 9.92. The van der Waals surface area contributed by atoms with E-state index in [2.05, 4.69) is 5.32 Å². The molecule has 2 aliphatic rings. The molecule has 38 heavy (non-hydrogen) atoms. The minimum Gasteiger partial charge on any atom is -0.462 e. The smallest absolute Gasteiger partial charge is 0.338 e. The molecule has 1 aromatic heterocycles. The fourth-order valence-corrected chi connectivity index (χ4v) is 5.05. The Morgan fingerprint density at radius 1 is 1.05 bits per heavy atom. The van der Waals surface area contributed by atoms with Crippen molar-refractivity contribution in [3.05, 3.63) is 52.3 Å². The molecule has 0 unspecified atom stereocenters. The SMILES string of the molecule is CCc1nn(C[C@@H](C)COC(=O)c2ccc(C(=O)N3CCCCC3)cc2)c2c1C(=O)NCCCOCCC2. The van der Waals surface area contributed by atoms with Crippen LogP contribution >= 0.6 is 0 Å². The highest BCUT2D eigenvalue weighted by Gasteiger charge is 2.24. The molecular weight excluding hydrogens is 484 g/mol. The van der Waals surface area contributed by atoms with E-state index in [1.165, 1.54) is 6.42 Å². The van der Waals surface area contributed by atoms with Crippen molar-refractivity contribution in [1.82, 2.24) is 20.0 Å². The van der Waals surface area contributed by atoms with Gasteiger partial charge >= 0.3 is 5.97 Å².